The maximum absolute atomic E-state index is 12.9. The second-order valence-electron chi connectivity index (χ2n) is 8.17. The Morgan fingerprint density at radius 3 is 2.59 bits per heavy atom. The van der Waals surface area contributed by atoms with Gasteiger partial charge >= 0.3 is 0 Å². The first kappa shape index (κ1) is 19.9. The van der Waals surface area contributed by atoms with Gasteiger partial charge in [0.05, 0.1) is 0 Å². The summed E-state index contributed by atoms with van der Waals surface area (Å²) in [6, 6.07) is 16.1. The largest absolute Gasteiger partial charge is 0.491 e. The highest BCUT2D eigenvalue weighted by Crippen LogP contribution is 2.25. The number of hydrogen-bond donors (Lipinski definition) is 1. The molecule has 5 heteroatoms. The molecule has 1 saturated heterocycles. The van der Waals surface area contributed by atoms with E-state index in [0.717, 1.165) is 55.8 Å². The van der Waals surface area contributed by atoms with Crippen LogP contribution in [0.25, 0.3) is 0 Å². The number of carbonyl (C=O) groups excluding carboxylic acids is 1. The van der Waals surface area contributed by atoms with Gasteiger partial charge in [0.25, 0.3) is 5.91 Å². The lowest BCUT2D eigenvalue weighted by Gasteiger charge is -2.41. The number of carbonyl (C=O) groups is 1. The van der Waals surface area contributed by atoms with Crippen LogP contribution in [0, 0.1) is 6.92 Å². The van der Waals surface area contributed by atoms with Gasteiger partial charge in [0.2, 0.25) is 0 Å². The molecule has 154 valence electrons. The molecule has 29 heavy (non-hydrogen) atoms. The van der Waals surface area contributed by atoms with Crippen LogP contribution in [0.2, 0.25) is 0 Å². The fourth-order valence-electron chi connectivity index (χ4n) is 4.46. The van der Waals surface area contributed by atoms with Crippen molar-refractivity contribution in [2.75, 3.05) is 32.8 Å². The lowest BCUT2D eigenvalue weighted by molar-refractivity contribution is 0.0373. The maximum Gasteiger partial charge on any atom is 0.254 e. The van der Waals surface area contributed by atoms with Crippen LogP contribution in [0.3, 0.4) is 0 Å². The molecule has 2 aromatic rings. The van der Waals surface area contributed by atoms with Crippen LogP contribution >= 0.6 is 0 Å². The Morgan fingerprint density at radius 2 is 1.79 bits per heavy atom. The van der Waals surface area contributed by atoms with Gasteiger partial charge in [-0.15, -0.1) is 0 Å². The molecule has 1 unspecified atom stereocenters. The minimum atomic E-state index is -0.519. The molecule has 2 aliphatic heterocycles. The minimum Gasteiger partial charge on any atom is -0.491 e. The Morgan fingerprint density at radius 1 is 1.07 bits per heavy atom. The van der Waals surface area contributed by atoms with Crippen molar-refractivity contribution in [3.05, 3.63) is 65.2 Å². The molecule has 0 aliphatic carbocycles. The van der Waals surface area contributed by atoms with E-state index >= 15 is 0 Å². The molecular formula is C24H30N2O3. The number of fused-ring (bicyclic) bond motifs is 1. The van der Waals surface area contributed by atoms with E-state index in [1.807, 2.05) is 49.4 Å². The summed E-state index contributed by atoms with van der Waals surface area (Å²) in [6.45, 7) is 5.52. The van der Waals surface area contributed by atoms with Gasteiger partial charge in [-0.3, -0.25) is 4.79 Å². The van der Waals surface area contributed by atoms with Crippen LogP contribution in [0.5, 0.6) is 5.75 Å². The van der Waals surface area contributed by atoms with Crippen LogP contribution in [0.1, 0.15) is 34.3 Å². The highest BCUT2D eigenvalue weighted by molar-refractivity contribution is 5.96. The molecule has 5 nitrogen and oxygen atoms in total. The Kier molecular flexibility index (Phi) is 6.16. The fourth-order valence-corrected chi connectivity index (χ4v) is 4.46. The summed E-state index contributed by atoms with van der Waals surface area (Å²) in [5, 5.41) is 10.4. The molecule has 0 radical (unpaired) electrons. The molecule has 1 fully saturated rings. The number of aryl methyl sites for hydroxylation is 1. The van der Waals surface area contributed by atoms with Crippen molar-refractivity contribution in [1.29, 1.82) is 0 Å². The molecule has 1 atom stereocenters. The second kappa shape index (κ2) is 8.97. The van der Waals surface area contributed by atoms with Crippen molar-refractivity contribution < 1.29 is 14.6 Å². The van der Waals surface area contributed by atoms with Crippen molar-refractivity contribution >= 4 is 5.91 Å². The van der Waals surface area contributed by atoms with Crippen LogP contribution in [0.15, 0.2) is 48.5 Å². The number of hydrogen-bond acceptors (Lipinski definition) is 4. The SMILES string of the molecule is Cc1ccccc1OCC(O)CN1CCC(N2CCc3ccccc3C2=O)CC1. The molecule has 1 N–H and O–H groups in total. The number of aliphatic hydroxyl groups is 1. The number of para-hydroxylation sites is 1. The minimum absolute atomic E-state index is 0.178. The first-order valence-electron chi connectivity index (χ1n) is 10.6. The van der Waals surface area contributed by atoms with Gasteiger partial charge < -0.3 is 19.6 Å². The van der Waals surface area contributed by atoms with Crippen molar-refractivity contribution in [1.82, 2.24) is 9.80 Å². The van der Waals surface area contributed by atoms with E-state index in [4.69, 9.17) is 4.74 Å². The molecule has 0 aromatic heterocycles. The summed E-state index contributed by atoms with van der Waals surface area (Å²) in [6.07, 6.45) is 2.34. The summed E-state index contributed by atoms with van der Waals surface area (Å²) in [5.41, 5.74) is 3.11. The number of ether oxygens (including phenoxy) is 1. The molecule has 1 amide bonds. The van der Waals surface area contributed by atoms with Crippen molar-refractivity contribution in [2.24, 2.45) is 0 Å². The fraction of sp³-hybridized carbons (Fsp3) is 0.458. The molecule has 0 bridgehead atoms. The first-order valence-corrected chi connectivity index (χ1v) is 10.6. The number of nitrogens with zero attached hydrogens (tertiary/aromatic N) is 2. The number of benzene rings is 2. The number of amides is 1. The van der Waals surface area contributed by atoms with Gasteiger partial charge in [-0.25, -0.2) is 0 Å². The van der Waals surface area contributed by atoms with Gasteiger partial charge in [-0.1, -0.05) is 36.4 Å². The van der Waals surface area contributed by atoms with Crippen LogP contribution in [-0.2, 0) is 6.42 Å². The molecular weight excluding hydrogens is 364 g/mol. The predicted octanol–water partition coefficient (Wildman–Crippen LogP) is 2.90. The Hall–Kier alpha value is -2.37. The standard InChI is InChI=1S/C24H30N2O3/c1-18-6-2-5-9-23(18)29-17-21(27)16-25-13-11-20(12-14-25)26-15-10-19-7-3-4-8-22(19)24(26)28/h2-9,20-21,27H,10-17H2,1H3. The zero-order chi connectivity index (χ0) is 20.2. The number of likely N-dealkylation sites (tertiary alicyclic amines) is 1. The first-order chi connectivity index (χ1) is 14.1. The summed E-state index contributed by atoms with van der Waals surface area (Å²) in [4.78, 5) is 17.2. The van der Waals surface area contributed by atoms with Crippen LogP contribution in [0.4, 0.5) is 0 Å². The highest BCUT2D eigenvalue weighted by atomic mass is 16.5. The van der Waals surface area contributed by atoms with E-state index in [2.05, 4.69) is 15.9 Å². The molecule has 2 aliphatic rings. The van der Waals surface area contributed by atoms with Gasteiger partial charge in [0.1, 0.15) is 18.5 Å². The van der Waals surface area contributed by atoms with Gasteiger partial charge in [-0.05, 0) is 49.4 Å². The van der Waals surface area contributed by atoms with E-state index < -0.39 is 6.10 Å². The summed E-state index contributed by atoms with van der Waals surface area (Å²) in [5.74, 6) is 1.01. The lowest BCUT2D eigenvalue weighted by atomic mass is 9.95. The average Bonchev–Trinajstić information content (AvgIpc) is 2.74. The Bertz CT molecular complexity index is 846. The molecule has 0 saturated carbocycles. The lowest BCUT2D eigenvalue weighted by Crippen LogP contribution is -2.51. The Balaban J connectivity index is 1.24. The quantitative estimate of drug-likeness (QED) is 0.819. The van der Waals surface area contributed by atoms with E-state index in [1.54, 1.807) is 0 Å². The van der Waals surface area contributed by atoms with Crippen LogP contribution in [-0.4, -0.2) is 65.7 Å². The summed E-state index contributed by atoms with van der Waals surface area (Å²) < 4.78 is 5.77. The zero-order valence-corrected chi connectivity index (χ0v) is 17.1. The number of β-amino-alcohol motifs (C(OH)–C–C–N with tert-alkyl or cyclic N) is 1. The van der Waals surface area contributed by atoms with E-state index in [9.17, 15) is 9.90 Å². The molecule has 2 aromatic carbocycles. The van der Waals surface area contributed by atoms with E-state index in [-0.39, 0.29) is 5.91 Å². The summed E-state index contributed by atoms with van der Waals surface area (Å²) in [7, 11) is 0. The van der Waals surface area contributed by atoms with Crippen molar-refractivity contribution in [3.8, 4) is 5.75 Å². The van der Waals surface area contributed by atoms with E-state index in [0.29, 0.717) is 19.2 Å². The normalized spacial score (nSPS) is 19.1. The topological polar surface area (TPSA) is 53.0 Å². The number of rotatable bonds is 6. The second-order valence-corrected chi connectivity index (χ2v) is 8.17. The van der Waals surface area contributed by atoms with E-state index in [1.165, 1.54) is 5.56 Å². The predicted molar refractivity (Wildman–Crippen MR) is 113 cm³/mol. The zero-order valence-electron chi connectivity index (χ0n) is 17.1. The van der Waals surface area contributed by atoms with Gasteiger partial charge in [0.15, 0.2) is 0 Å². The molecule has 2 heterocycles. The highest BCUT2D eigenvalue weighted by Gasteiger charge is 2.32. The number of piperidine rings is 1. The molecule has 0 spiro atoms. The maximum atomic E-state index is 12.9. The third-order valence-electron chi connectivity index (χ3n) is 6.12. The van der Waals surface area contributed by atoms with Gasteiger partial charge in [-0.2, -0.15) is 0 Å². The number of aliphatic hydroxyl groups excluding tert-OH is 1. The monoisotopic (exact) mass is 394 g/mol. The van der Waals surface area contributed by atoms with Crippen molar-refractivity contribution in [3.63, 3.8) is 0 Å². The van der Waals surface area contributed by atoms with Crippen LogP contribution < -0.4 is 4.74 Å². The average molecular weight is 395 g/mol. The summed E-state index contributed by atoms with van der Waals surface area (Å²) >= 11 is 0. The van der Waals surface area contributed by atoms with Gasteiger partial charge in [0, 0.05) is 37.8 Å². The smallest absolute Gasteiger partial charge is 0.254 e. The van der Waals surface area contributed by atoms with Crippen molar-refractivity contribution in [2.45, 2.75) is 38.3 Å². The Labute approximate surface area is 172 Å². The third kappa shape index (κ3) is 4.62. The molecule has 4 rings (SSSR count). The third-order valence-corrected chi connectivity index (χ3v) is 6.12.